The van der Waals surface area contributed by atoms with Crippen molar-refractivity contribution in [2.75, 3.05) is 18.0 Å². The minimum absolute atomic E-state index is 0.0184. The smallest absolute Gasteiger partial charge is 0.225 e. The normalized spacial score (nSPS) is 18.3. The van der Waals surface area contributed by atoms with Gasteiger partial charge < -0.3 is 4.90 Å². The van der Waals surface area contributed by atoms with E-state index in [0.29, 0.717) is 11.5 Å². The van der Waals surface area contributed by atoms with Crippen LogP contribution in [0.25, 0.3) is 0 Å². The Bertz CT molecular complexity index is 669. The zero-order valence-corrected chi connectivity index (χ0v) is 13.1. The SMILES string of the molecule is CC(=O)c1cnc(N2CCCC(c3ccccc3)C2)nc1C. The van der Waals surface area contributed by atoms with Crippen LogP contribution in [0.3, 0.4) is 0 Å². The first-order valence-electron chi connectivity index (χ1n) is 7.79. The molecule has 1 fully saturated rings. The van der Waals surface area contributed by atoms with Crippen molar-refractivity contribution >= 4 is 11.7 Å². The van der Waals surface area contributed by atoms with E-state index < -0.39 is 0 Å². The first kappa shape index (κ1) is 14.7. The van der Waals surface area contributed by atoms with Crippen molar-refractivity contribution in [3.05, 3.63) is 53.3 Å². The van der Waals surface area contributed by atoms with E-state index in [1.807, 2.05) is 6.92 Å². The summed E-state index contributed by atoms with van der Waals surface area (Å²) in [6.45, 7) is 5.34. The number of Topliss-reactive ketones (excluding diaryl/α,β-unsaturated/α-hetero) is 1. The summed E-state index contributed by atoms with van der Waals surface area (Å²) in [6.07, 6.45) is 3.99. The summed E-state index contributed by atoms with van der Waals surface area (Å²) in [6, 6.07) is 10.6. The zero-order valence-electron chi connectivity index (χ0n) is 13.1. The van der Waals surface area contributed by atoms with Gasteiger partial charge in [0.15, 0.2) is 5.78 Å². The summed E-state index contributed by atoms with van der Waals surface area (Å²) in [5.41, 5.74) is 2.75. The van der Waals surface area contributed by atoms with Gasteiger partial charge in [-0.1, -0.05) is 30.3 Å². The highest BCUT2D eigenvalue weighted by Gasteiger charge is 2.23. The number of anilines is 1. The second-order valence-corrected chi connectivity index (χ2v) is 5.92. The standard InChI is InChI=1S/C18H21N3O/c1-13-17(14(2)22)11-19-18(20-13)21-10-6-9-16(12-21)15-7-4-3-5-8-15/h3-5,7-8,11,16H,6,9-10,12H2,1-2H3. The van der Waals surface area contributed by atoms with Crippen molar-refractivity contribution in [3.63, 3.8) is 0 Å². The van der Waals surface area contributed by atoms with Crippen LogP contribution >= 0.6 is 0 Å². The molecule has 0 radical (unpaired) electrons. The zero-order chi connectivity index (χ0) is 15.5. The second-order valence-electron chi connectivity index (χ2n) is 5.92. The largest absolute Gasteiger partial charge is 0.340 e. The number of hydrogen-bond acceptors (Lipinski definition) is 4. The van der Waals surface area contributed by atoms with Gasteiger partial charge in [-0.25, -0.2) is 9.97 Å². The van der Waals surface area contributed by atoms with Crippen LogP contribution in [-0.4, -0.2) is 28.8 Å². The molecule has 3 rings (SSSR count). The van der Waals surface area contributed by atoms with Crippen molar-refractivity contribution < 1.29 is 4.79 Å². The molecule has 0 N–H and O–H groups in total. The number of aryl methyl sites for hydroxylation is 1. The minimum Gasteiger partial charge on any atom is -0.340 e. The van der Waals surface area contributed by atoms with E-state index in [1.54, 1.807) is 13.1 Å². The lowest BCUT2D eigenvalue weighted by Crippen LogP contribution is -2.35. The second kappa shape index (κ2) is 6.26. The third-order valence-corrected chi connectivity index (χ3v) is 4.32. The Labute approximate surface area is 131 Å². The summed E-state index contributed by atoms with van der Waals surface area (Å²) in [5.74, 6) is 1.28. The molecule has 1 aliphatic heterocycles. The minimum atomic E-state index is 0.0184. The first-order valence-corrected chi connectivity index (χ1v) is 7.79. The third-order valence-electron chi connectivity index (χ3n) is 4.32. The summed E-state index contributed by atoms with van der Waals surface area (Å²) < 4.78 is 0. The van der Waals surface area contributed by atoms with Crippen molar-refractivity contribution in [2.24, 2.45) is 0 Å². The average molecular weight is 295 g/mol. The van der Waals surface area contributed by atoms with E-state index in [9.17, 15) is 4.79 Å². The Morgan fingerprint density at radius 3 is 2.73 bits per heavy atom. The number of hydrogen-bond donors (Lipinski definition) is 0. The maximum absolute atomic E-state index is 11.5. The number of ketones is 1. The van der Waals surface area contributed by atoms with E-state index in [1.165, 1.54) is 12.0 Å². The molecule has 1 unspecified atom stereocenters. The highest BCUT2D eigenvalue weighted by atomic mass is 16.1. The van der Waals surface area contributed by atoms with E-state index in [2.05, 4.69) is 45.2 Å². The Kier molecular flexibility index (Phi) is 4.18. The molecule has 4 nitrogen and oxygen atoms in total. The topological polar surface area (TPSA) is 46.1 Å². The molecule has 1 aliphatic rings. The van der Waals surface area contributed by atoms with Crippen LogP contribution in [-0.2, 0) is 0 Å². The predicted octanol–water partition coefficient (Wildman–Crippen LogP) is 3.37. The molecular weight excluding hydrogens is 274 g/mol. The molecule has 2 heterocycles. The number of rotatable bonds is 3. The molecule has 0 amide bonds. The van der Waals surface area contributed by atoms with Gasteiger partial charge in [0.25, 0.3) is 0 Å². The molecule has 1 aromatic heterocycles. The van der Waals surface area contributed by atoms with E-state index >= 15 is 0 Å². The Hall–Kier alpha value is -2.23. The van der Waals surface area contributed by atoms with Crippen molar-refractivity contribution in [3.8, 4) is 0 Å². The fourth-order valence-corrected chi connectivity index (χ4v) is 3.11. The van der Waals surface area contributed by atoms with Crippen molar-refractivity contribution in [1.82, 2.24) is 9.97 Å². The van der Waals surface area contributed by atoms with E-state index in [-0.39, 0.29) is 5.78 Å². The average Bonchev–Trinajstić information content (AvgIpc) is 2.55. The van der Waals surface area contributed by atoms with Crippen LogP contribution in [0, 0.1) is 6.92 Å². The fourth-order valence-electron chi connectivity index (χ4n) is 3.11. The molecule has 1 aromatic carbocycles. The summed E-state index contributed by atoms with van der Waals surface area (Å²) in [5, 5.41) is 0. The van der Waals surface area contributed by atoms with Crippen LogP contribution in [0.5, 0.6) is 0 Å². The Morgan fingerprint density at radius 2 is 2.05 bits per heavy atom. The number of nitrogens with zero attached hydrogens (tertiary/aromatic N) is 3. The summed E-state index contributed by atoms with van der Waals surface area (Å²) >= 11 is 0. The van der Waals surface area contributed by atoms with Gasteiger partial charge in [-0.2, -0.15) is 0 Å². The van der Waals surface area contributed by atoms with Gasteiger partial charge in [0.1, 0.15) is 0 Å². The molecule has 4 heteroatoms. The lowest BCUT2D eigenvalue weighted by molar-refractivity contribution is 0.101. The number of carbonyl (C=O) groups is 1. The molecule has 0 bridgehead atoms. The van der Waals surface area contributed by atoms with Crippen LogP contribution in [0.2, 0.25) is 0 Å². The van der Waals surface area contributed by atoms with E-state index in [4.69, 9.17) is 0 Å². The summed E-state index contributed by atoms with van der Waals surface area (Å²) in [7, 11) is 0. The van der Waals surface area contributed by atoms with Gasteiger partial charge in [-0.05, 0) is 32.3 Å². The molecule has 0 spiro atoms. The molecule has 0 saturated carbocycles. The van der Waals surface area contributed by atoms with Gasteiger partial charge in [-0.3, -0.25) is 4.79 Å². The predicted molar refractivity (Wildman–Crippen MR) is 87.4 cm³/mol. The number of piperidine rings is 1. The first-order chi connectivity index (χ1) is 10.6. The highest BCUT2D eigenvalue weighted by molar-refractivity contribution is 5.94. The highest BCUT2D eigenvalue weighted by Crippen LogP contribution is 2.28. The van der Waals surface area contributed by atoms with Crippen LogP contribution < -0.4 is 4.90 Å². The Morgan fingerprint density at radius 1 is 1.27 bits per heavy atom. The molecule has 2 aromatic rings. The molecular formula is C18H21N3O. The Balaban J connectivity index is 1.80. The van der Waals surface area contributed by atoms with Gasteiger partial charge in [0.05, 0.1) is 11.3 Å². The fraction of sp³-hybridized carbons (Fsp3) is 0.389. The number of carbonyl (C=O) groups excluding carboxylic acids is 1. The van der Waals surface area contributed by atoms with E-state index in [0.717, 1.165) is 31.2 Å². The number of aromatic nitrogens is 2. The molecule has 22 heavy (non-hydrogen) atoms. The third kappa shape index (κ3) is 3.01. The van der Waals surface area contributed by atoms with Crippen LogP contribution in [0.1, 0.15) is 47.3 Å². The maximum Gasteiger partial charge on any atom is 0.225 e. The van der Waals surface area contributed by atoms with Crippen LogP contribution in [0.4, 0.5) is 5.95 Å². The quantitative estimate of drug-likeness (QED) is 0.814. The monoisotopic (exact) mass is 295 g/mol. The summed E-state index contributed by atoms with van der Waals surface area (Å²) in [4.78, 5) is 22.7. The van der Waals surface area contributed by atoms with Crippen LogP contribution in [0.15, 0.2) is 36.5 Å². The molecule has 1 atom stereocenters. The number of benzene rings is 1. The lowest BCUT2D eigenvalue weighted by atomic mass is 9.91. The molecule has 114 valence electrons. The van der Waals surface area contributed by atoms with Crippen molar-refractivity contribution in [1.29, 1.82) is 0 Å². The van der Waals surface area contributed by atoms with Gasteiger partial charge in [-0.15, -0.1) is 0 Å². The lowest BCUT2D eigenvalue weighted by Gasteiger charge is -2.33. The maximum atomic E-state index is 11.5. The van der Waals surface area contributed by atoms with Gasteiger partial charge in [0, 0.05) is 25.2 Å². The van der Waals surface area contributed by atoms with Gasteiger partial charge in [0.2, 0.25) is 5.95 Å². The molecule has 1 saturated heterocycles. The van der Waals surface area contributed by atoms with Crippen molar-refractivity contribution in [2.45, 2.75) is 32.6 Å². The molecule has 0 aliphatic carbocycles. The van der Waals surface area contributed by atoms with Gasteiger partial charge >= 0.3 is 0 Å².